The van der Waals surface area contributed by atoms with Gasteiger partial charge in [-0.05, 0) is 29.8 Å². The van der Waals surface area contributed by atoms with Crippen molar-refractivity contribution in [2.45, 2.75) is 12.8 Å². The molecule has 2 heterocycles. The molecule has 0 saturated heterocycles. The summed E-state index contributed by atoms with van der Waals surface area (Å²) in [6, 6.07) is 11.0. The number of thiazole rings is 1. The molecule has 0 spiro atoms. The van der Waals surface area contributed by atoms with Gasteiger partial charge in [0.05, 0.1) is 22.1 Å². The van der Waals surface area contributed by atoms with Gasteiger partial charge in [0.15, 0.2) is 0 Å². The van der Waals surface area contributed by atoms with Crippen molar-refractivity contribution in [3.05, 3.63) is 74.3 Å². The number of benzene rings is 1. The van der Waals surface area contributed by atoms with Crippen LogP contribution in [0.25, 0.3) is 0 Å². The maximum atomic E-state index is 12.0. The van der Waals surface area contributed by atoms with Crippen LogP contribution in [-0.4, -0.2) is 15.9 Å². The number of nitrogens with one attached hydrogen (secondary N) is 1. The molecule has 3 rings (SSSR count). The Morgan fingerprint density at radius 3 is 2.79 bits per heavy atom. The molecule has 122 valence electrons. The molecule has 0 aliphatic heterocycles. The third-order valence-electron chi connectivity index (χ3n) is 3.18. The third kappa shape index (κ3) is 4.77. The first-order chi connectivity index (χ1) is 11.6. The average molecular weight is 378 g/mol. The monoisotopic (exact) mass is 377 g/mol. The SMILES string of the molecule is O=C(Cc1csc(Cc2cccc(Cl)c2)n1)Nc1ccc(Cl)cn1. The minimum absolute atomic E-state index is 0.163. The summed E-state index contributed by atoms with van der Waals surface area (Å²) in [6.07, 6.45) is 2.39. The van der Waals surface area contributed by atoms with Gasteiger partial charge in [-0.3, -0.25) is 4.79 Å². The number of nitrogens with zero attached hydrogens (tertiary/aromatic N) is 2. The molecule has 0 unspecified atom stereocenters. The van der Waals surface area contributed by atoms with Gasteiger partial charge in [-0.15, -0.1) is 11.3 Å². The summed E-state index contributed by atoms with van der Waals surface area (Å²) in [4.78, 5) is 20.6. The number of rotatable bonds is 5. The summed E-state index contributed by atoms with van der Waals surface area (Å²) in [5, 5.41) is 6.80. The molecule has 4 nitrogen and oxygen atoms in total. The lowest BCUT2D eigenvalue weighted by molar-refractivity contribution is -0.115. The van der Waals surface area contributed by atoms with Crippen LogP contribution in [-0.2, 0) is 17.6 Å². The Bertz CT molecular complexity index is 849. The zero-order valence-electron chi connectivity index (χ0n) is 12.5. The Hall–Kier alpha value is -1.95. The van der Waals surface area contributed by atoms with Gasteiger partial charge in [0.1, 0.15) is 5.82 Å². The Morgan fingerprint density at radius 1 is 1.17 bits per heavy atom. The van der Waals surface area contributed by atoms with Gasteiger partial charge in [-0.25, -0.2) is 9.97 Å². The molecular formula is C17H13Cl2N3OS. The second kappa shape index (κ2) is 7.75. The summed E-state index contributed by atoms with van der Waals surface area (Å²) in [5.41, 5.74) is 1.83. The van der Waals surface area contributed by atoms with Crippen molar-refractivity contribution in [1.82, 2.24) is 9.97 Å². The highest BCUT2D eigenvalue weighted by Gasteiger charge is 2.09. The van der Waals surface area contributed by atoms with Crippen molar-refractivity contribution in [1.29, 1.82) is 0 Å². The predicted octanol–water partition coefficient (Wildman–Crippen LogP) is 4.62. The van der Waals surface area contributed by atoms with Gasteiger partial charge in [0, 0.05) is 23.0 Å². The third-order valence-corrected chi connectivity index (χ3v) is 4.54. The number of aromatic nitrogens is 2. The summed E-state index contributed by atoms with van der Waals surface area (Å²) < 4.78 is 0. The lowest BCUT2D eigenvalue weighted by atomic mass is 10.2. The minimum atomic E-state index is -0.163. The quantitative estimate of drug-likeness (QED) is 0.705. The Labute approximate surface area is 153 Å². The van der Waals surface area contributed by atoms with E-state index in [2.05, 4.69) is 15.3 Å². The maximum absolute atomic E-state index is 12.0. The second-order valence-electron chi connectivity index (χ2n) is 5.13. The molecule has 0 aliphatic carbocycles. The summed E-state index contributed by atoms with van der Waals surface area (Å²) >= 11 is 13.3. The van der Waals surface area contributed by atoms with Crippen LogP contribution in [0.5, 0.6) is 0 Å². The largest absolute Gasteiger partial charge is 0.310 e. The lowest BCUT2D eigenvalue weighted by Crippen LogP contribution is -2.15. The molecule has 1 aromatic carbocycles. The van der Waals surface area contributed by atoms with Crippen LogP contribution < -0.4 is 5.32 Å². The zero-order chi connectivity index (χ0) is 16.9. The smallest absolute Gasteiger partial charge is 0.231 e. The van der Waals surface area contributed by atoms with Crippen LogP contribution in [0.2, 0.25) is 10.0 Å². The van der Waals surface area contributed by atoms with Gasteiger partial charge in [0.2, 0.25) is 5.91 Å². The first kappa shape index (κ1) is 16.9. The lowest BCUT2D eigenvalue weighted by Gasteiger charge is -2.02. The number of hydrogen-bond donors (Lipinski definition) is 1. The summed E-state index contributed by atoms with van der Waals surface area (Å²) in [6.45, 7) is 0. The van der Waals surface area contributed by atoms with Crippen molar-refractivity contribution in [2.24, 2.45) is 0 Å². The first-order valence-corrected chi connectivity index (χ1v) is 8.81. The van der Waals surface area contributed by atoms with E-state index < -0.39 is 0 Å². The van der Waals surface area contributed by atoms with Gasteiger partial charge in [0.25, 0.3) is 0 Å². The highest BCUT2D eigenvalue weighted by Crippen LogP contribution is 2.18. The average Bonchev–Trinajstić information content (AvgIpc) is 2.96. The van der Waals surface area contributed by atoms with Gasteiger partial charge in [-0.1, -0.05) is 35.3 Å². The number of carbonyl (C=O) groups excluding carboxylic acids is 1. The van der Waals surface area contributed by atoms with E-state index in [0.29, 0.717) is 22.3 Å². The number of halogens is 2. The van der Waals surface area contributed by atoms with E-state index >= 15 is 0 Å². The summed E-state index contributed by atoms with van der Waals surface area (Å²) in [5.74, 6) is 0.309. The maximum Gasteiger partial charge on any atom is 0.231 e. The van der Waals surface area contributed by atoms with Crippen LogP contribution in [0.15, 0.2) is 48.0 Å². The van der Waals surface area contributed by atoms with Crippen molar-refractivity contribution in [3.8, 4) is 0 Å². The predicted molar refractivity (Wildman–Crippen MR) is 98.0 cm³/mol. The van der Waals surface area contributed by atoms with Crippen molar-refractivity contribution in [3.63, 3.8) is 0 Å². The Morgan fingerprint density at radius 2 is 2.04 bits per heavy atom. The fourth-order valence-corrected chi connectivity index (χ4v) is 3.29. The van der Waals surface area contributed by atoms with Crippen LogP contribution in [0, 0.1) is 0 Å². The minimum Gasteiger partial charge on any atom is -0.310 e. The topological polar surface area (TPSA) is 54.9 Å². The standard InChI is InChI=1S/C17H13Cl2N3OS/c18-12-3-1-2-11(6-12)7-17-21-14(10-24-17)8-16(23)22-15-5-4-13(19)9-20-15/h1-6,9-10H,7-8H2,(H,20,22,23). The van der Waals surface area contributed by atoms with Crippen LogP contribution in [0.4, 0.5) is 5.82 Å². The number of carbonyl (C=O) groups is 1. The van der Waals surface area contributed by atoms with Crippen molar-refractivity contribution in [2.75, 3.05) is 5.32 Å². The van der Waals surface area contributed by atoms with Crippen molar-refractivity contribution < 1.29 is 4.79 Å². The van der Waals surface area contributed by atoms with Crippen LogP contribution in [0.1, 0.15) is 16.3 Å². The molecule has 0 bridgehead atoms. The van der Waals surface area contributed by atoms with E-state index in [1.807, 2.05) is 29.6 Å². The molecule has 1 N–H and O–H groups in total. The molecule has 0 aliphatic rings. The highest BCUT2D eigenvalue weighted by molar-refractivity contribution is 7.09. The first-order valence-electron chi connectivity index (χ1n) is 7.17. The van der Waals surface area contributed by atoms with Crippen LogP contribution in [0.3, 0.4) is 0 Å². The van der Waals surface area contributed by atoms with Gasteiger partial charge >= 0.3 is 0 Å². The molecule has 7 heteroatoms. The van der Waals surface area contributed by atoms with Gasteiger partial charge < -0.3 is 5.32 Å². The molecule has 3 aromatic rings. The van der Waals surface area contributed by atoms with E-state index in [0.717, 1.165) is 16.3 Å². The number of hydrogen-bond acceptors (Lipinski definition) is 4. The number of pyridine rings is 1. The number of amides is 1. The van der Waals surface area contributed by atoms with E-state index in [-0.39, 0.29) is 12.3 Å². The molecule has 24 heavy (non-hydrogen) atoms. The fourth-order valence-electron chi connectivity index (χ4n) is 2.13. The van der Waals surface area contributed by atoms with E-state index in [4.69, 9.17) is 23.2 Å². The second-order valence-corrected chi connectivity index (χ2v) is 6.94. The Kier molecular flexibility index (Phi) is 5.45. The van der Waals surface area contributed by atoms with Crippen molar-refractivity contribution >= 4 is 46.3 Å². The number of anilines is 1. The molecule has 0 saturated carbocycles. The normalized spacial score (nSPS) is 10.6. The van der Waals surface area contributed by atoms with E-state index in [9.17, 15) is 4.79 Å². The zero-order valence-corrected chi connectivity index (χ0v) is 14.8. The Balaban J connectivity index is 1.59. The van der Waals surface area contributed by atoms with Crippen LogP contribution >= 0.6 is 34.5 Å². The summed E-state index contributed by atoms with van der Waals surface area (Å²) in [7, 11) is 0. The molecule has 0 atom stereocenters. The highest BCUT2D eigenvalue weighted by atomic mass is 35.5. The molecular weight excluding hydrogens is 365 g/mol. The molecule has 0 radical (unpaired) electrons. The van der Waals surface area contributed by atoms with E-state index in [1.54, 1.807) is 12.1 Å². The molecule has 2 aromatic heterocycles. The van der Waals surface area contributed by atoms with E-state index in [1.165, 1.54) is 17.5 Å². The van der Waals surface area contributed by atoms with Gasteiger partial charge in [-0.2, -0.15) is 0 Å². The fraction of sp³-hybridized carbons (Fsp3) is 0.118. The molecule has 1 amide bonds. The molecule has 0 fully saturated rings.